The molecular weight excluding hydrogens is 278 g/mol. The SMILES string of the molecule is NNc1ccc(S(=O)(=O)NC2CCOC2C2CC2)cc1. The highest BCUT2D eigenvalue weighted by molar-refractivity contribution is 7.89. The highest BCUT2D eigenvalue weighted by Gasteiger charge is 2.42. The Labute approximate surface area is 118 Å². The Balaban J connectivity index is 1.73. The highest BCUT2D eigenvalue weighted by Crippen LogP contribution is 2.39. The molecule has 1 saturated heterocycles. The zero-order chi connectivity index (χ0) is 14.2. The van der Waals surface area contributed by atoms with Gasteiger partial charge < -0.3 is 10.2 Å². The predicted octanol–water partition coefficient (Wildman–Crippen LogP) is 0.818. The number of ether oxygens (including phenoxy) is 1. The van der Waals surface area contributed by atoms with Crippen LogP contribution in [0.4, 0.5) is 5.69 Å². The molecule has 0 bridgehead atoms. The van der Waals surface area contributed by atoms with E-state index in [1.165, 1.54) is 0 Å². The summed E-state index contributed by atoms with van der Waals surface area (Å²) in [5.41, 5.74) is 3.14. The van der Waals surface area contributed by atoms with Gasteiger partial charge in [0.2, 0.25) is 10.0 Å². The number of nitrogen functional groups attached to an aromatic ring is 1. The molecule has 20 heavy (non-hydrogen) atoms. The topological polar surface area (TPSA) is 93.5 Å². The van der Waals surface area contributed by atoms with Gasteiger partial charge in [-0.05, 0) is 49.4 Å². The minimum absolute atomic E-state index is 0.0368. The van der Waals surface area contributed by atoms with E-state index in [2.05, 4.69) is 10.1 Å². The molecule has 1 aliphatic heterocycles. The molecule has 0 aromatic heterocycles. The standard InChI is InChI=1S/C13H19N3O3S/c14-15-10-3-5-11(6-4-10)20(17,18)16-12-7-8-19-13(12)9-1-2-9/h3-6,9,12-13,15-16H,1-2,7-8,14H2. The summed E-state index contributed by atoms with van der Waals surface area (Å²) in [6, 6.07) is 6.24. The van der Waals surface area contributed by atoms with E-state index < -0.39 is 10.0 Å². The van der Waals surface area contributed by atoms with Crippen molar-refractivity contribution in [1.29, 1.82) is 0 Å². The number of rotatable bonds is 5. The van der Waals surface area contributed by atoms with Crippen molar-refractivity contribution in [3.8, 4) is 0 Å². The fourth-order valence-electron chi connectivity index (χ4n) is 2.62. The van der Waals surface area contributed by atoms with Crippen LogP contribution in [0.3, 0.4) is 0 Å². The second-order valence-electron chi connectivity index (χ2n) is 5.36. The largest absolute Gasteiger partial charge is 0.376 e. The van der Waals surface area contributed by atoms with Gasteiger partial charge in [-0.3, -0.25) is 5.84 Å². The van der Waals surface area contributed by atoms with Crippen LogP contribution in [0.15, 0.2) is 29.2 Å². The third-order valence-corrected chi connectivity index (χ3v) is 5.37. The third kappa shape index (κ3) is 2.80. The number of hydrazine groups is 1. The van der Waals surface area contributed by atoms with E-state index in [0.29, 0.717) is 18.2 Å². The molecule has 110 valence electrons. The van der Waals surface area contributed by atoms with Crippen molar-refractivity contribution < 1.29 is 13.2 Å². The van der Waals surface area contributed by atoms with E-state index >= 15 is 0 Å². The number of hydrogen-bond acceptors (Lipinski definition) is 5. The molecule has 2 unspecified atom stereocenters. The molecule has 3 rings (SSSR count). The second-order valence-corrected chi connectivity index (χ2v) is 7.07. The van der Waals surface area contributed by atoms with Gasteiger partial charge in [-0.2, -0.15) is 0 Å². The summed E-state index contributed by atoms with van der Waals surface area (Å²) in [7, 11) is -3.51. The monoisotopic (exact) mass is 297 g/mol. The Hall–Kier alpha value is -1.15. The first kappa shape index (κ1) is 13.8. The lowest BCUT2D eigenvalue weighted by Crippen LogP contribution is -2.41. The predicted molar refractivity (Wildman–Crippen MR) is 75.4 cm³/mol. The van der Waals surface area contributed by atoms with E-state index in [9.17, 15) is 8.42 Å². The van der Waals surface area contributed by atoms with Crippen molar-refractivity contribution >= 4 is 15.7 Å². The van der Waals surface area contributed by atoms with Crippen LogP contribution < -0.4 is 16.0 Å². The second kappa shape index (κ2) is 5.33. The van der Waals surface area contributed by atoms with Gasteiger partial charge in [0.15, 0.2) is 0 Å². The number of nitrogens with two attached hydrogens (primary N) is 1. The van der Waals surface area contributed by atoms with Gasteiger partial charge in [0.05, 0.1) is 17.0 Å². The van der Waals surface area contributed by atoms with Crippen molar-refractivity contribution in [3.63, 3.8) is 0 Å². The van der Waals surface area contributed by atoms with Crippen LogP contribution in [0.1, 0.15) is 19.3 Å². The molecule has 0 spiro atoms. The lowest BCUT2D eigenvalue weighted by molar-refractivity contribution is 0.0848. The first-order chi connectivity index (χ1) is 9.60. The van der Waals surface area contributed by atoms with Gasteiger partial charge >= 0.3 is 0 Å². The van der Waals surface area contributed by atoms with Crippen LogP contribution in [0.5, 0.6) is 0 Å². The molecule has 0 radical (unpaired) electrons. The maximum absolute atomic E-state index is 12.4. The molecule has 1 aliphatic carbocycles. The molecule has 2 fully saturated rings. The third-order valence-electron chi connectivity index (χ3n) is 3.86. The summed E-state index contributed by atoms with van der Waals surface area (Å²) in [6.07, 6.45) is 3.05. The van der Waals surface area contributed by atoms with E-state index in [4.69, 9.17) is 10.6 Å². The molecule has 6 nitrogen and oxygen atoms in total. The Morgan fingerprint density at radius 1 is 1.15 bits per heavy atom. The van der Waals surface area contributed by atoms with Crippen molar-refractivity contribution in [2.24, 2.45) is 11.8 Å². The normalized spacial score (nSPS) is 26.6. The fourth-order valence-corrected chi connectivity index (χ4v) is 3.91. The summed E-state index contributed by atoms with van der Waals surface area (Å²) in [5, 5.41) is 0. The number of hydrogen-bond donors (Lipinski definition) is 3. The molecule has 0 amide bonds. The minimum atomic E-state index is -3.51. The number of anilines is 1. The molecule has 1 aromatic carbocycles. The van der Waals surface area contributed by atoms with Gasteiger partial charge in [-0.1, -0.05) is 0 Å². The first-order valence-corrected chi connectivity index (χ1v) is 8.29. The van der Waals surface area contributed by atoms with Crippen molar-refractivity contribution in [2.75, 3.05) is 12.0 Å². The highest BCUT2D eigenvalue weighted by atomic mass is 32.2. The van der Waals surface area contributed by atoms with Gasteiger partial charge in [-0.25, -0.2) is 13.1 Å². The van der Waals surface area contributed by atoms with Crippen molar-refractivity contribution in [3.05, 3.63) is 24.3 Å². The maximum Gasteiger partial charge on any atom is 0.240 e. The summed E-state index contributed by atoms with van der Waals surface area (Å²) < 4.78 is 33.1. The Kier molecular flexibility index (Phi) is 3.68. The number of benzene rings is 1. The summed E-state index contributed by atoms with van der Waals surface area (Å²) >= 11 is 0. The van der Waals surface area contributed by atoms with Gasteiger partial charge in [0.1, 0.15) is 0 Å². The molecule has 2 aliphatic rings. The fraction of sp³-hybridized carbons (Fsp3) is 0.538. The average Bonchev–Trinajstić information content (AvgIpc) is 3.19. The van der Waals surface area contributed by atoms with Gasteiger partial charge in [0.25, 0.3) is 0 Å². The van der Waals surface area contributed by atoms with E-state index in [-0.39, 0.29) is 17.0 Å². The molecule has 4 N–H and O–H groups in total. The Morgan fingerprint density at radius 3 is 2.45 bits per heavy atom. The van der Waals surface area contributed by atoms with Crippen LogP contribution in [-0.2, 0) is 14.8 Å². The van der Waals surface area contributed by atoms with Crippen LogP contribution in [-0.4, -0.2) is 27.2 Å². The summed E-state index contributed by atoms with van der Waals surface area (Å²) in [4.78, 5) is 0.248. The molecule has 1 heterocycles. The lowest BCUT2D eigenvalue weighted by atomic mass is 10.1. The zero-order valence-corrected chi connectivity index (χ0v) is 11.9. The lowest BCUT2D eigenvalue weighted by Gasteiger charge is -2.19. The van der Waals surface area contributed by atoms with E-state index in [1.807, 2.05) is 0 Å². The molecule has 1 aromatic rings. The molecule has 1 saturated carbocycles. The van der Waals surface area contributed by atoms with Crippen molar-refractivity contribution in [1.82, 2.24) is 4.72 Å². The summed E-state index contributed by atoms with van der Waals surface area (Å²) in [6.45, 7) is 0.629. The molecule has 7 heteroatoms. The van der Waals surface area contributed by atoms with Crippen LogP contribution >= 0.6 is 0 Å². The number of nitrogens with one attached hydrogen (secondary N) is 2. The Bertz CT molecular complexity index is 569. The van der Waals surface area contributed by atoms with Crippen LogP contribution in [0.2, 0.25) is 0 Å². The Morgan fingerprint density at radius 2 is 1.85 bits per heavy atom. The zero-order valence-electron chi connectivity index (χ0n) is 11.1. The smallest absolute Gasteiger partial charge is 0.240 e. The van der Waals surface area contributed by atoms with Crippen LogP contribution in [0, 0.1) is 5.92 Å². The van der Waals surface area contributed by atoms with E-state index in [0.717, 1.165) is 19.3 Å². The minimum Gasteiger partial charge on any atom is -0.376 e. The van der Waals surface area contributed by atoms with Gasteiger partial charge in [-0.15, -0.1) is 0 Å². The maximum atomic E-state index is 12.4. The average molecular weight is 297 g/mol. The van der Waals surface area contributed by atoms with Crippen LogP contribution in [0.25, 0.3) is 0 Å². The van der Waals surface area contributed by atoms with Gasteiger partial charge in [0, 0.05) is 12.3 Å². The number of sulfonamides is 1. The molecular formula is C13H19N3O3S. The first-order valence-electron chi connectivity index (χ1n) is 6.81. The van der Waals surface area contributed by atoms with Crippen molar-refractivity contribution in [2.45, 2.75) is 36.3 Å². The van der Waals surface area contributed by atoms with E-state index in [1.54, 1.807) is 24.3 Å². The molecule has 2 atom stereocenters. The summed E-state index contributed by atoms with van der Waals surface area (Å²) in [5.74, 6) is 5.79. The quantitative estimate of drug-likeness (QED) is 0.552.